The van der Waals surface area contributed by atoms with E-state index in [1.165, 1.54) is 24.3 Å². The molecule has 1 N–H and O–H groups in total. The van der Waals surface area contributed by atoms with E-state index in [0.717, 1.165) is 22.7 Å². The molecular weight excluding hydrogens is 464 g/mol. The third-order valence-corrected chi connectivity index (χ3v) is 5.52. The van der Waals surface area contributed by atoms with E-state index in [1.807, 2.05) is 6.92 Å². The summed E-state index contributed by atoms with van der Waals surface area (Å²) in [4.78, 5) is 49.9. The van der Waals surface area contributed by atoms with Crippen molar-refractivity contribution >= 4 is 61.7 Å². The number of esters is 1. The Kier molecular flexibility index (Phi) is 6.38. The summed E-state index contributed by atoms with van der Waals surface area (Å²) in [6, 6.07) is 3.69. The summed E-state index contributed by atoms with van der Waals surface area (Å²) >= 11 is 4.50. The third kappa shape index (κ3) is 4.51. The maximum Gasteiger partial charge on any atom is 0.329 e. The molecule has 2 aromatic rings. The maximum absolute atomic E-state index is 12.4. The van der Waals surface area contributed by atoms with Crippen LogP contribution in [-0.2, 0) is 25.5 Å². The van der Waals surface area contributed by atoms with Crippen LogP contribution in [0.15, 0.2) is 22.7 Å². The fraction of sp³-hybridized carbons (Fsp3) is 0.333. The van der Waals surface area contributed by atoms with Gasteiger partial charge in [-0.05, 0) is 31.5 Å². The summed E-state index contributed by atoms with van der Waals surface area (Å²) in [5, 5.41) is 11.4. The monoisotopic (exact) mass is 480 g/mol. The number of nitrogens with one attached hydrogen (secondary N) is 1. The number of amides is 2. The van der Waals surface area contributed by atoms with Gasteiger partial charge in [-0.3, -0.25) is 24.6 Å². The lowest BCUT2D eigenvalue weighted by molar-refractivity contribution is -0.148. The first-order valence-electron chi connectivity index (χ1n) is 8.78. The van der Waals surface area contributed by atoms with Crippen molar-refractivity contribution in [1.82, 2.24) is 10.2 Å². The molecule has 1 atom stereocenters. The summed E-state index contributed by atoms with van der Waals surface area (Å²) in [7, 11) is 0. The lowest BCUT2D eigenvalue weighted by atomic mass is 10.1. The number of carbonyl (C=O) groups excluding carboxylic acids is 4. The molecule has 0 saturated heterocycles. The van der Waals surface area contributed by atoms with Gasteiger partial charge in [0.2, 0.25) is 5.13 Å². The smallest absolute Gasteiger partial charge is 0.329 e. The molecule has 1 aromatic heterocycles. The summed E-state index contributed by atoms with van der Waals surface area (Å²) in [6.45, 7) is 2.90. The van der Waals surface area contributed by atoms with Gasteiger partial charge in [0.25, 0.3) is 17.6 Å². The number of halogens is 1. The van der Waals surface area contributed by atoms with Crippen molar-refractivity contribution in [3.8, 4) is 0 Å². The number of Topliss-reactive ketones (excluding diaryl/α,β-unsaturated/α-hetero) is 1. The zero-order chi connectivity index (χ0) is 21.1. The topological polar surface area (TPSA) is 119 Å². The molecule has 0 bridgehead atoms. The van der Waals surface area contributed by atoms with Gasteiger partial charge >= 0.3 is 5.97 Å². The molecular formula is C18H17BrN4O5S. The van der Waals surface area contributed by atoms with E-state index >= 15 is 0 Å². The summed E-state index contributed by atoms with van der Waals surface area (Å²) in [5.74, 6) is -2.89. The Morgan fingerprint density at radius 1 is 1.31 bits per heavy atom. The van der Waals surface area contributed by atoms with Gasteiger partial charge in [-0.25, -0.2) is 4.79 Å². The number of hydrogen-bond donors (Lipinski definition) is 1. The van der Waals surface area contributed by atoms with Gasteiger partial charge in [0, 0.05) is 10.9 Å². The molecule has 9 nitrogen and oxygen atoms in total. The Morgan fingerprint density at radius 3 is 2.79 bits per heavy atom. The van der Waals surface area contributed by atoms with E-state index in [-0.39, 0.29) is 5.56 Å². The molecule has 0 aliphatic carbocycles. The first-order chi connectivity index (χ1) is 13.8. The molecule has 0 radical (unpaired) electrons. The molecule has 0 fully saturated rings. The number of nitrogens with zero attached hydrogens (tertiary/aromatic N) is 3. The number of ether oxygens (including phenoxy) is 1. The molecule has 1 aliphatic rings. The predicted molar refractivity (Wildman–Crippen MR) is 109 cm³/mol. The van der Waals surface area contributed by atoms with Crippen molar-refractivity contribution in [3.63, 3.8) is 0 Å². The predicted octanol–water partition coefficient (Wildman–Crippen LogP) is 2.35. The Morgan fingerprint density at radius 2 is 2.07 bits per heavy atom. The molecule has 0 spiro atoms. The number of benzene rings is 1. The maximum atomic E-state index is 12.4. The van der Waals surface area contributed by atoms with Crippen molar-refractivity contribution < 1.29 is 23.9 Å². The van der Waals surface area contributed by atoms with Crippen LogP contribution in [0.4, 0.5) is 10.8 Å². The van der Waals surface area contributed by atoms with Gasteiger partial charge in [0.15, 0.2) is 6.61 Å². The highest BCUT2D eigenvalue weighted by Crippen LogP contribution is 2.33. The minimum absolute atomic E-state index is 0.209. The number of aryl methyl sites for hydroxylation is 1. The second-order valence-electron chi connectivity index (χ2n) is 6.25. The summed E-state index contributed by atoms with van der Waals surface area (Å²) in [5.41, 5.74) is 0.537. The van der Waals surface area contributed by atoms with Crippen LogP contribution >= 0.6 is 27.3 Å². The molecule has 3 rings (SSSR count). The zero-order valence-corrected chi connectivity index (χ0v) is 18.0. The van der Waals surface area contributed by atoms with Gasteiger partial charge in [0.05, 0.1) is 11.3 Å². The largest absolute Gasteiger partial charge is 0.454 e. The second kappa shape index (κ2) is 8.78. The first kappa shape index (κ1) is 21.1. The van der Waals surface area contributed by atoms with Crippen molar-refractivity contribution in [3.05, 3.63) is 33.2 Å². The molecule has 1 unspecified atom stereocenters. The Bertz CT molecular complexity index is 992. The average molecular weight is 481 g/mol. The van der Waals surface area contributed by atoms with Crippen molar-refractivity contribution in [2.45, 2.75) is 32.7 Å². The SMILES string of the molecule is CCCc1nnc(NC(=O)COC(=O)C(C)N2C(=O)C(=O)c3cc(Br)ccc32)s1. The lowest BCUT2D eigenvalue weighted by Gasteiger charge is -2.22. The number of fused-ring (bicyclic) bond motifs is 1. The van der Waals surface area contributed by atoms with E-state index < -0.39 is 36.2 Å². The van der Waals surface area contributed by atoms with E-state index in [2.05, 4.69) is 31.4 Å². The van der Waals surface area contributed by atoms with Gasteiger partial charge in [0.1, 0.15) is 11.0 Å². The number of aromatic nitrogens is 2. The highest BCUT2D eigenvalue weighted by Gasteiger charge is 2.41. The summed E-state index contributed by atoms with van der Waals surface area (Å²) in [6.07, 6.45) is 1.68. The number of carbonyl (C=O) groups is 4. The number of hydrogen-bond acceptors (Lipinski definition) is 8. The fourth-order valence-corrected chi connectivity index (χ4v) is 3.97. The van der Waals surface area contributed by atoms with Crippen LogP contribution in [0.3, 0.4) is 0 Å². The van der Waals surface area contributed by atoms with Crippen LogP contribution in [0.25, 0.3) is 0 Å². The molecule has 2 heterocycles. The Balaban J connectivity index is 1.60. The number of rotatable bonds is 7. The fourth-order valence-electron chi connectivity index (χ4n) is 2.76. The van der Waals surface area contributed by atoms with Gasteiger partial charge < -0.3 is 4.74 Å². The Hall–Kier alpha value is -2.66. The minimum Gasteiger partial charge on any atom is -0.454 e. The molecule has 11 heteroatoms. The van der Waals surface area contributed by atoms with Crippen LogP contribution < -0.4 is 10.2 Å². The van der Waals surface area contributed by atoms with Crippen LogP contribution in [0.5, 0.6) is 0 Å². The minimum atomic E-state index is -1.07. The molecule has 1 aliphatic heterocycles. The molecule has 2 amide bonds. The standard InChI is InChI=1S/C18H17BrN4O5S/c1-3-4-14-21-22-18(29-14)20-13(24)8-28-17(27)9(2)23-12-6-5-10(19)7-11(12)15(25)16(23)26/h5-7,9H,3-4,8H2,1-2H3,(H,20,22,24). The highest BCUT2D eigenvalue weighted by atomic mass is 79.9. The van der Waals surface area contributed by atoms with Crippen LogP contribution in [-0.4, -0.2) is 46.4 Å². The molecule has 152 valence electrons. The first-order valence-corrected chi connectivity index (χ1v) is 10.4. The average Bonchev–Trinajstić information content (AvgIpc) is 3.22. The molecule has 0 saturated carbocycles. The highest BCUT2D eigenvalue weighted by molar-refractivity contribution is 9.10. The number of anilines is 2. The van der Waals surface area contributed by atoms with Crippen molar-refractivity contribution in [1.29, 1.82) is 0 Å². The van der Waals surface area contributed by atoms with Crippen LogP contribution in [0, 0.1) is 0 Å². The van der Waals surface area contributed by atoms with E-state index in [0.29, 0.717) is 15.3 Å². The zero-order valence-electron chi connectivity index (χ0n) is 15.6. The van der Waals surface area contributed by atoms with Gasteiger partial charge in [-0.1, -0.05) is 34.2 Å². The lowest BCUT2D eigenvalue weighted by Crippen LogP contribution is -2.44. The number of ketones is 1. The van der Waals surface area contributed by atoms with Crippen LogP contribution in [0.1, 0.15) is 35.6 Å². The quantitative estimate of drug-likeness (QED) is 0.477. The van der Waals surface area contributed by atoms with Crippen molar-refractivity contribution in [2.24, 2.45) is 0 Å². The second-order valence-corrected chi connectivity index (χ2v) is 8.23. The van der Waals surface area contributed by atoms with Gasteiger partial charge in [-0.15, -0.1) is 10.2 Å². The summed E-state index contributed by atoms with van der Waals surface area (Å²) < 4.78 is 5.66. The third-order valence-electron chi connectivity index (χ3n) is 4.13. The normalized spacial score (nSPS) is 14.0. The Labute approximate surface area is 178 Å². The van der Waals surface area contributed by atoms with E-state index in [9.17, 15) is 19.2 Å². The molecule has 1 aromatic carbocycles. The van der Waals surface area contributed by atoms with Gasteiger partial charge in [-0.2, -0.15) is 0 Å². The van der Waals surface area contributed by atoms with Crippen LogP contribution in [0.2, 0.25) is 0 Å². The van der Waals surface area contributed by atoms with E-state index in [1.54, 1.807) is 12.1 Å². The van der Waals surface area contributed by atoms with E-state index in [4.69, 9.17) is 4.74 Å². The van der Waals surface area contributed by atoms with Crippen molar-refractivity contribution in [2.75, 3.05) is 16.8 Å². The molecule has 29 heavy (non-hydrogen) atoms.